The second kappa shape index (κ2) is 10.9. The summed E-state index contributed by atoms with van der Waals surface area (Å²) in [7, 11) is 0. The van der Waals surface area contributed by atoms with Gasteiger partial charge in [0.2, 0.25) is 0 Å². The highest BCUT2D eigenvalue weighted by molar-refractivity contribution is 6.31. The lowest BCUT2D eigenvalue weighted by Gasteiger charge is -2.24. The first-order valence-corrected chi connectivity index (χ1v) is 8.71. The molecule has 0 aliphatic rings. The summed E-state index contributed by atoms with van der Waals surface area (Å²) < 4.78 is 0. The van der Waals surface area contributed by atoms with Crippen LogP contribution < -0.4 is 10.2 Å². The summed E-state index contributed by atoms with van der Waals surface area (Å²) in [5.74, 6) is 1.06. The Hall–Kier alpha value is -0.800. The van der Waals surface area contributed by atoms with Gasteiger partial charge in [-0.25, -0.2) is 4.98 Å². The third-order valence-corrected chi connectivity index (χ3v) is 3.85. The molecule has 0 bridgehead atoms. The van der Waals surface area contributed by atoms with Crippen molar-refractivity contribution in [2.45, 2.75) is 59.4 Å². The first-order chi connectivity index (χ1) is 10.2. The van der Waals surface area contributed by atoms with Crippen molar-refractivity contribution in [2.75, 3.05) is 24.5 Å². The molecule has 120 valence electrons. The largest absolute Gasteiger partial charge is 0.357 e. The van der Waals surface area contributed by atoms with E-state index in [0.29, 0.717) is 0 Å². The Morgan fingerprint density at radius 1 is 1.05 bits per heavy atom. The second-order valence-corrected chi connectivity index (χ2v) is 5.88. The highest BCUT2D eigenvalue weighted by atomic mass is 35.5. The third-order valence-electron chi connectivity index (χ3n) is 3.51. The van der Waals surface area contributed by atoms with E-state index in [2.05, 4.69) is 37.1 Å². The maximum atomic E-state index is 6.27. The van der Waals surface area contributed by atoms with Crippen molar-refractivity contribution in [1.82, 2.24) is 10.3 Å². The van der Waals surface area contributed by atoms with Gasteiger partial charge in [-0.1, -0.05) is 45.2 Å². The molecule has 1 N–H and O–H groups in total. The number of nitrogens with zero attached hydrogens (tertiary/aromatic N) is 2. The van der Waals surface area contributed by atoms with Gasteiger partial charge in [0.1, 0.15) is 5.82 Å². The number of halogens is 1. The van der Waals surface area contributed by atoms with Crippen molar-refractivity contribution in [2.24, 2.45) is 0 Å². The Morgan fingerprint density at radius 2 is 1.71 bits per heavy atom. The standard InChI is InChI=1S/C17H30ClN3/c1-4-7-12-21(13-8-5-2)17-10-9-15(18)16(20-17)14-19-11-6-3/h9-10,19H,4-8,11-14H2,1-3H3. The molecule has 0 spiro atoms. The van der Waals surface area contributed by atoms with Gasteiger partial charge in [0, 0.05) is 19.6 Å². The number of hydrogen-bond donors (Lipinski definition) is 1. The number of anilines is 1. The van der Waals surface area contributed by atoms with Gasteiger partial charge in [-0.3, -0.25) is 0 Å². The number of nitrogens with one attached hydrogen (secondary N) is 1. The molecule has 1 rings (SSSR count). The third kappa shape index (κ3) is 6.66. The fourth-order valence-corrected chi connectivity index (χ4v) is 2.37. The molecule has 1 aromatic heterocycles. The minimum Gasteiger partial charge on any atom is -0.357 e. The molecule has 0 saturated carbocycles. The van der Waals surface area contributed by atoms with E-state index in [4.69, 9.17) is 16.6 Å². The predicted molar refractivity (Wildman–Crippen MR) is 93.3 cm³/mol. The molecule has 0 amide bonds. The molecular weight excluding hydrogens is 282 g/mol. The number of unbranched alkanes of at least 4 members (excludes halogenated alkanes) is 2. The van der Waals surface area contributed by atoms with E-state index in [1.54, 1.807) is 0 Å². The minimum absolute atomic E-state index is 0.746. The molecule has 1 aromatic rings. The summed E-state index contributed by atoms with van der Waals surface area (Å²) in [6, 6.07) is 4.04. The van der Waals surface area contributed by atoms with Crippen molar-refractivity contribution in [1.29, 1.82) is 0 Å². The fraction of sp³-hybridized carbons (Fsp3) is 0.706. The SMILES string of the molecule is CCCCN(CCCC)c1ccc(Cl)c(CNCCC)n1. The average molecular weight is 312 g/mol. The molecule has 0 unspecified atom stereocenters. The average Bonchev–Trinajstić information content (AvgIpc) is 2.50. The molecule has 0 fully saturated rings. The molecule has 4 heteroatoms. The number of pyridine rings is 1. The summed E-state index contributed by atoms with van der Waals surface area (Å²) in [6.45, 7) is 10.5. The Morgan fingerprint density at radius 3 is 2.29 bits per heavy atom. The van der Waals surface area contributed by atoms with Crippen LogP contribution in [0, 0.1) is 0 Å². The molecule has 0 radical (unpaired) electrons. The summed E-state index contributed by atoms with van der Waals surface area (Å²) in [5, 5.41) is 4.14. The van der Waals surface area contributed by atoms with Gasteiger partial charge in [-0.2, -0.15) is 0 Å². The number of hydrogen-bond acceptors (Lipinski definition) is 3. The molecule has 1 heterocycles. The van der Waals surface area contributed by atoms with Gasteiger partial charge in [0.15, 0.2) is 0 Å². The lowest BCUT2D eigenvalue weighted by atomic mass is 10.2. The van der Waals surface area contributed by atoms with E-state index in [1.165, 1.54) is 25.7 Å². The van der Waals surface area contributed by atoms with Gasteiger partial charge in [-0.05, 0) is 37.9 Å². The maximum Gasteiger partial charge on any atom is 0.128 e. The van der Waals surface area contributed by atoms with E-state index in [9.17, 15) is 0 Å². The van der Waals surface area contributed by atoms with Crippen molar-refractivity contribution in [3.8, 4) is 0 Å². The van der Waals surface area contributed by atoms with Crippen molar-refractivity contribution in [3.63, 3.8) is 0 Å². The second-order valence-electron chi connectivity index (χ2n) is 5.47. The van der Waals surface area contributed by atoms with E-state index in [0.717, 1.165) is 49.1 Å². The molecule has 21 heavy (non-hydrogen) atoms. The van der Waals surface area contributed by atoms with E-state index >= 15 is 0 Å². The summed E-state index contributed by atoms with van der Waals surface area (Å²) in [4.78, 5) is 7.18. The zero-order valence-electron chi connectivity index (χ0n) is 13.8. The first-order valence-electron chi connectivity index (χ1n) is 8.33. The van der Waals surface area contributed by atoms with Gasteiger partial charge < -0.3 is 10.2 Å². The van der Waals surface area contributed by atoms with Crippen LogP contribution in [-0.4, -0.2) is 24.6 Å². The van der Waals surface area contributed by atoms with Crippen LogP contribution in [0.25, 0.3) is 0 Å². The summed E-state index contributed by atoms with van der Waals surface area (Å²) in [6.07, 6.45) is 5.95. The highest BCUT2D eigenvalue weighted by Gasteiger charge is 2.10. The van der Waals surface area contributed by atoms with Crippen LogP contribution in [0.1, 0.15) is 58.6 Å². The first kappa shape index (κ1) is 18.2. The molecule has 3 nitrogen and oxygen atoms in total. The van der Waals surface area contributed by atoms with Gasteiger partial charge in [0.25, 0.3) is 0 Å². The van der Waals surface area contributed by atoms with Crippen LogP contribution in [0.4, 0.5) is 5.82 Å². The summed E-state index contributed by atoms with van der Waals surface area (Å²) >= 11 is 6.27. The molecule has 0 aliphatic carbocycles. The lowest BCUT2D eigenvalue weighted by molar-refractivity contribution is 0.652. The minimum atomic E-state index is 0.746. The Bertz CT molecular complexity index is 388. The molecule has 0 atom stereocenters. The van der Waals surface area contributed by atoms with Gasteiger partial charge in [0.05, 0.1) is 10.7 Å². The van der Waals surface area contributed by atoms with Crippen LogP contribution >= 0.6 is 11.6 Å². The summed E-state index contributed by atoms with van der Waals surface area (Å²) in [5.41, 5.74) is 0.959. The van der Waals surface area contributed by atoms with Crippen molar-refractivity contribution < 1.29 is 0 Å². The zero-order chi connectivity index (χ0) is 15.5. The zero-order valence-corrected chi connectivity index (χ0v) is 14.5. The van der Waals surface area contributed by atoms with Gasteiger partial charge in [-0.15, -0.1) is 0 Å². The topological polar surface area (TPSA) is 28.2 Å². The normalized spacial score (nSPS) is 10.9. The highest BCUT2D eigenvalue weighted by Crippen LogP contribution is 2.20. The van der Waals surface area contributed by atoms with Crippen LogP contribution in [-0.2, 0) is 6.54 Å². The molecular formula is C17H30ClN3. The Labute approximate surface area is 135 Å². The predicted octanol–water partition coefficient (Wildman–Crippen LogP) is 4.64. The smallest absolute Gasteiger partial charge is 0.128 e. The number of rotatable bonds is 11. The lowest BCUT2D eigenvalue weighted by Crippen LogP contribution is -2.27. The number of aromatic nitrogens is 1. The molecule has 0 aliphatic heterocycles. The Balaban J connectivity index is 2.78. The monoisotopic (exact) mass is 311 g/mol. The quantitative estimate of drug-likeness (QED) is 0.603. The van der Waals surface area contributed by atoms with Crippen LogP contribution in [0.15, 0.2) is 12.1 Å². The maximum absolute atomic E-state index is 6.27. The van der Waals surface area contributed by atoms with E-state index in [-0.39, 0.29) is 0 Å². The van der Waals surface area contributed by atoms with Crippen LogP contribution in [0.3, 0.4) is 0 Å². The Kier molecular flexibility index (Phi) is 9.44. The van der Waals surface area contributed by atoms with Crippen molar-refractivity contribution >= 4 is 17.4 Å². The fourth-order valence-electron chi connectivity index (χ4n) is 2.20. The van der Waals surface area contributed by atoms with E-state index < -0.39 is 0 Å². The molecule has 0 saturated heterocycles. The molecule has 0 aromatic carbocycles. The van der Waals surface area contributed by atoms with Gasteiger partial charge >= 0.3 is 0 Å². The van der Waals surface area contributed by atoms with Crippen molar-refractivity contribution in [3.05, 3.63) is 22.8 Å². The van der Waals surface area contributed by atoms with Crippen LogP contribution in [0.5, 0.6) is 0 Å². The van der Waals surface area contributed by atoms with Crippen LogP contribution in [0.2, 0.25) is 5.02 Å². The van der Waals surface area contributed by atoms with E-state index in [1.807, 2.05) is 6.07 Å².